The number of nitrogens with one attached hydrogen (secondary N) is 1. The normalized spacial score (nSPS) is 13.8. The second kappa shape index (κ2) is 7.42. The van der Waals surface area contributed by atoms with Gasteiger partial charge in [-0.3, -0.25) is 9.89 Å². The number of carbonyl (C=O) groups is 1. The maximum atomic E-state index is 14.3. The molecule has 144 valence electrons. The number of H-pyrrole nitrogens is 1. The Hall–Kier alpha value is -3.22. The first-order valence-corrected chi connectivity index (χ1v) is 9.02. The molecule has 28 heavy (non-hydrogen) atoms. The summed E-state index contributed by atoms with van der Waals surface area (Å²) < 4.78 is 33.5. The topological polar surface area (TPSA) is 58.2 Å². The fraction of sp³-hybridized carbons (Fsp3) is 0.238. The Balaban J connectivity index is 1.58. The van der Waals surface area contributed by atoms with Gasteiger partial charge in [0.1, 0.15) is 22.9 Å². The summed E-state index contributed by atoms with van der Waals surface area (Å²) in [5.74, 6) is -2.46. The van der Waals surface area contributed by atoms with Crippen LogP contribution in [-0.4, -0.2) is 41.2 Å². The predicted molar refractivity (Wildman–Crippen MR) is 100 cm³/mol. The van der Waals surface area contributed by atoms with Crippen molar-refractivity contribution in [2.24, 2.45) is 0 Å². The van der Waals surface area contributed by atoms with Crippen molar-refractivity contribution in [1.29, 1.82) is 0 Å². The number of hydrogen-bond donors (Lipinski definition) is 1. The van der Waals surface area contributed by atoms with Crippen LogP contribution in [-0.2, 0) is 12.8 Å². The monoisotopic (exact) mass is 383 g/mol. The molecule has 3 aromatic rings. The molecule has 1 aromatic heterocycles. The Morgan fingerprint density at radius 2 is 1.79 bits per heavy atom. The van der Waals surface area contributed by atoms with Gasteiger partial charge in [-0.25, -0.2) is 8.78 Å². The Bertz CT molecular complexity index is 995. The molecular formula is C21H19F2N3O2. The van der Waals surface area contributed by atoms with E-state index in [4.69, 9.17) is 4.74 Å². The van der Waals surface area contributed by atoms with Crippen molar-refractivity contribution < 1.29 is 18.3 Å². The van der Waals surface area contributed by atoms with Crippen molar-refractivity contribution in [2.75, 3.05) is 20.2 Å². The second-order valence-electron chi connectivity index (χ2n) is 6.65. The van der Waals surface area contributed by atoms with Crippen LogP contribution in [0.15, 0.2) is 42.5 Å². The Morgan fingerprint density at radius 3 is 2.46 bits per heavy atom. The molecule has 2 heterocycles. The fourth-order valence-electron chi connectivity index (χ4n) is 3.55. The zero-order valence-electron chi connectivity index (χ0n) is 15.3. The molecule has 7 heteroatoms. The van der Waals surface area contributed by atoms with Gasteiger partial charge in [-0.1, -0.05) is 30.3 Å². The number of hydrogen-bond acceptors (Lipinski definition) is 3. The number of methoxy groups -OCH3 is 1. The highest BCUT2D eigenvalue weighted by molar-refractivity contribution is 5.95. The van der Waals surface area contributed by atoms with Crippen molar-refractivity contribution in [3.05, 3.63) is 70.9 Å². The molecule has 1 amide bonds. The number of halogens is 2. The first kappa shape index (κ1) is 18.2. The van der Waals surface area contributed by atoms with Crippen LogP contribution in [0.5, 0.6) is 5.75 Å². The van der Waals surface area contributed by atoms with Crippen LogP contribution in [0.3, 0.4) is 0 Å². The van der Waals surface area contributed by atoms with Crippen molar-refractivity contribution in [3.63, 3.8) is 0 Å². The van der Waals surface area contributed by atoms with E-state index in [0.717, 1.165) is 34.6 Å². The minimum Gasteiger partial charge on any atom is -0.497 e. The third-order valence-electron chi connectivity index (χ3n) is 5.02. The summed E-state index contributed by atoms with van der Waals surface area (Å²) in [4.78, 5) is 14.3. The van der Waals surface area contributed by atoms with Gasteiger partial charge in [0.25, 0.3) is 5.91 Å². The quantitative estimate of drug-likeness (QED) is 0.752. The van der Waals surface area contributed by atoms with Gasteiger partial charge in [0.2, 0.25) is 0 Å². The van der Waals surface area contributed by atoms with E-state index in [1.54, 1.807) is 0 Å². The lowest BCUT2D eigenvalue weighted by atomic mass is 10.0. The third kappa shape index (κ3) is 3.24. The molecule has 0 saturated heterocycles. The summed E-state index contributed by atoms with van der Waals surface area (Å²) in [6, 6.07) is 11.8. The van der Waals surface area contributed by atoms with Crippen LogP contribution in [0, 0.1) is 11.6 Å². The van der Waals surface area contributed by atoms with Gasteiger partial charge in [0.15, 0.2) is 0 Å². The van der Waals surface area contributed by atoms with Crippen LogP contribution in [0.25, 0.3) is 11.3 Å². The highest BCUT2D eigenvalue weighted by Gasteiger charge is 2.27. The molecular weight excluding hydrogens is 364 g/mol. The Morgan fingerprint density at radius 1 is 1.11 bits per heavy atom. The Labute approximate surface area is 160 Å². The zero-order chi connectivity index (χ0) is 19.7. The van der Waals surface area contributed by atoms with E-state index in [1.807, 2.05) is 30.3 Å². The molecule has 0 aliphatic carbocycles. The maximum absolute atomic E-state index is 14.3. The summed E-state index contributed by atoms with van der Waals surface area (Å²) in [6.45, 7) is 0.712. The molecule has 0 unspecified atom stereocenters. The van der Waals surface area contributed by atoms with Crippen molar-refractivity contribution >= 4 is 5.91 Å². The standard InChI is InChI=1S/C21H19F2N3O2/c1-28-14-11-16(22)19(17(23)12-14)21(27)26-9-7-15-18(8-10-26)24-25-20(15)13-5-3-2-4-6-13/h2-6,11-12H,7-10H2,1H3,(H,24,25). The molecule has 2 aromatic carbocycles. The lowest BCUT2D eigenvalue weighted by molar-refractivity contribution is 0.0753. The van der Waals surface area contributed by atoms with E-state index < -0.39 is 23.1 Å². The maximum Gasteiger partial charge on any atom is 0.259 e. The number of amides is 1. The lowest BCUT2D eigenvalue weighted by Crippen LogP contribution is -2.34. The highest BCUT2D eigenvalue weighted by atomic mass is 19.1. The number of benzene rings is 2. The van der Waals surface area contributed by atoms with Crippen LogP contribution in [0.1, 0.15) is 21.6 Å². The number of aromatic amines is 1. The molecule has 0 bridgehead atoms. The number of fused-ring (bicyclic) bond motifs is 1. The zero-order valence-corrected chi connectivity index (χ0v) is 15.3. The first-order valence-electron chi connectivity index (χ1n) is 9.02. The summed E-state index contributed by atoms with van der Waals surface area (Å²) in [6.07, 6.45) is 1.10. The Kier molecular flexibility index (Phi) is 4.81. The molecule has 0 saturated carbocycles. The van der Waals surface area contributed by atoms with Crippen molar-refractivity contribution in [2.45, 2.75) is 12.8 Å². The molecule has 5 nitrogen and oxygen atoms in total. The molecule has 0 spiro atoms. The van der Waals surface area contributed by atoms with Crippen LogP contribution >= 0.6 is 0 Å². The number of carbonyl (C=O) groups excluding carboxylic acids is 1. The average molecular weight is 383 g/mol. The second-order valence-corrected chi connectivity index (χ2v) is 6.65. The van der Waals surface area contributed by atoms with Crippen LogP contribution in [0.4, 0.5) is 8.78 Å². The van der Waals surface area contributed by atoms with Gasteiger partial charge in [-0.2, -0.15) is 5.10 Å². The van der Waals surface area contributed by atoms with E-state index in [2.05, 4.69) is 10.2 Å². The summed E-state index contributed by atoms with van der Waals surface area (Å²) >= 11 is 0. The fourth-order valence-corrected chi connectivity index (χ4v) is 3.55. The van der Waals surface area contributed by atoms with E-state index in [9.17, 15) is 13.6 Å². The molecule has 1 N–H and O–H groups in total. The first-order chi connectivity index (χ1) is 13.6. The van der Waals surface area contributed by atoms with E-state index in [0.29, 0.717) is 25.9 Å². The van der Waals surface area contributed by atoms with Gasteiger partial charge in [-0.05, 0) is 6.42 Å². The summed E-state index contributed by atoms with van der Waals surface area (Å²) in [5.41, 5.74) is 3.29. The van der Waals surface area contributed by atoms with Gasteiger partial charge >= 0.3 is 0 Å². The number of rotatable bonds is 3. The molecule has 0 fully saturated rings. The molecule has 4 rings (SSSR count). The SMILES string of the molecule is COc1cc(F)c(C(=O)N2CCc3[nH]nc(-c4ccccc4)c3CC2)c(F)c1. The largest absolute Gasteiger partial charge is 0.497 e. The van der Waals surface area contributed by atoms with E-state index in [1.165, 1.54) is 12.0 Å². The smallest absolute Gasteiger partial charge is 0.259 e. The minimum atomic E-state index is -0.920. The average Bonchev–Trinajstić information content (AvgIpc) is 2.99. The van der Waals surface area contributed by atoms with E-state index in [-0.39, 0.29) is 5.75 Å². The molecule has 0 atom stereocenters. The molecule has 1 aliphatic heterocycles. The van der Waals surface area contributed by atoms with E-state index >= 15 is 0 Å². The minimum absolute atomic E-state index is 0.0379. The predicted octanol–water partition coefficient (Wildman–Crippen LogP) is 3.60. The highest BCUT2D eigenvalue weighted by Crippen LogP contribution is 2.28. The summed E-state index contributed by atoms with van der Waals surface area (Å²) in [7, 11) is 1.32. The molecule has 1 aliphatic rings. The van der Waals surface area contributed by atoms with Crippen molar-refractivity contribution in [3.8, 4) is 17.0 Å². The van der Waals surface area contributed by atoms with Gasteiger partial charge in [0.05, 0.1) is 12.8 Å². The van der Waals surface area contributed by atoms with Crippen LogP contribution < -0.4 is 4.74 Å². The third-order valence-corrected chi connectivity index (χ3v) is 5.02. The lowest BCUT2D eigenvalue weighted by Gasteiger charge is -2.21. The van der Waals surface area contributed by atoms with Gasteiger partial charge in [-0.15, -0.1) is 0 Å². The van der Waals surface area contributed by atoms with Gasteiger partial charge in [0, 0.05) is 48.5 Å². The summed E-state index contributed by atoms with van der Waals surface area (Å²) in [5, 5.41) is 7.47. The number of ether oxygens (including phenoxy) is 1. The van der Waals surface area contributed by atoms with Gasteiger partial charge < -0.3 is 9.64 Å². The van der Waals surface area contributed by atoms with Crippen LogP contribution in [0.2, 0.25) is 0 Å². The number of nitrogens with zero attached hydrogens (tertiary/aromatic N) is 2. The number of aromatic nitrogens is 2. The van der Waals surface area contributed by atoms with Crippen molar-refractivity contribution in [1.82, 2.24) is 15.1 Å². The molecule has 0 radical (unpaired) electrons.